The van der Waals surface area contributed by atoms with Gasteiger partial charge in [-0.15, -0.1) is 0 Å². The van der Waals surface area contributed by atoms with Crippen LogP contribution >= 0.6 is 0 Å². The SMILES string of the molecule is NCCOCC(COCCN)(COc1ccc2oc(=O)ccc2c1)COc1ccc2oc(=O)ccc2c1. The second kappa shape index (κ2) is 12.5. The van der Waals surface area contributed by atoms with Crippen molar-refractivity contribution >= 4 is 21.9 Å². The smallest absolute Gasteiger partial charge is 0.336 e. The minimum absolute atomic E-state index is 0.201. The van der Waals surface area contributed by atoms with E-state index in [1.54, 1.807) is 48.5 Å². The Kier molecular flexibility index (Phi) is 8.91. The van der Waals surface area contributed by atoms with Gasteiger partial charge in [0.1, 0.15) is 35.9 Å². The lowest BCUT2D eigenvalue weighted by Crippen LogP contribution is -2.44. The molecule has 0 bridgehead atoms. The van der Waals surface area contributed by atoms with Crippen molar-refractivity contribution in [2.24, 2.45) is 16.9 Å². The molecule has 10 nitrogen and oxygen atoms in total. The zero-order valence-corrected chi connectivity index (χ0v) is 20.4. The summed E-state index contributed by atoms with van der Waals surface area (Å²) < 4.78 is 34.4. The Balaban J connectivity index is 1.55. The second-order valence-corrected chi connectivity index (χ2v) is 8.67. The second-order valence-electron chi connectivity index (χ2n) is 8.67. The number of nitrogens with two attached hydrogens (primary N) is 2. The highest BCUT2D eigenvalue weighted by Crippen LogP contribution is 2.27. The summed E-state index contributed by atoms with van der Waals surface area (Å²) in [4.78, 5) is 23.0. The summed E-state index contributed by atoms with van der Waals surface area (Å²) in [6.07, 6.45) is 0. The van der Waals surface area contributed by atoms with Crippen LogP contribution in [0.2, 0.25) is 0 Å². The fourth-order valence-corrected chi connectivity index (χ4v) is 3.75. The van der Waals surface area contributed by atoms with Gasteiger partial charge in [-0.05, 0) is 48.5 Å². The first-order chi connectivity index (χ1) is 18.0. The number of hydrogen-bond donors (Lipinski definition) is 2. The average Bonchev–Trinajstić information content (AvgIpc) is 2.90. The maximum Gasteiger partial charge on any atom is 0.336 e. The third-order valence-electron chi connectivity index (χ3n) is 5.61. The Morgan fingerprint density at radius 1 is 0.622 bits per heavy atom. The molecule has 2 aromatic heterocycles. The predicted molar refractivity (Wildman–Crippen MR) is 138 cm³/mol. The van der Waals surface area contributed by atoms with Crippen LogP contribution in [0, 0.1) is 5.41 Å². The molecule has 0 saturated carbocycles. The zero-order valence-electron chi connectivity index (χ0n) is 20.4. The number of hydrogen-bond acceptors (Lipinski definition) is 10. The quantitative estimate of drug-likeness (QED) is 0.191. The van der Waals surface area contributed by atoms with Crippen molar-refractivity contribution in [3.05, 3.63) is 81.5 Å². The maximum atomic E-state index is 11.5. The minimum atomic E-state index is -0.708. The van der Waals surface area contributed by atoms with E-state index in [9.17, 15) is 9.59 Å². The van der Waals surface area contributed by atoms with Crippen LogP contribution in [0.1, 0.15) is 0 Å². The van der Waals surface area contributed by atoms with Crippen LogP contribution < -0.4 is 32.2 Å². The number of fused-ring (bicyclic) bond motifs is 2. The zero-order chi connectivity index (χ0) is 26.1. The third kappa shape index (κ3) is 7.17. The molecular formula is C27H30N2O8. The van der Waals surface area contributed by atoms with Gasteiger partial charge in [0, 0.05) is 36.0 Å². The standard InChI is InChI=1S/C27H30N2O8/c28-9-11-32-15-27(16-33-12-10-29,17-34-21-3-5-23-19(13-21)1-7-25(30)36-23)18-35-22-4-6-24-20(14-22)2-8-26(31)37-24/h1-8,13-14H,9-12,15-18,28-29H2. The Morgan fingerprint density at radius 3 is 1.51 bits per heavy atom. The third-order valence-corrected chi connectivity index (χ3v) is 5.61. The Bertz CT molecular complexity index is 1320. The summed E-state index contributed by atoms with van der Waals surface area (Å²) in [6.45, 7) is 2.39. The van der Waals surface area contributed by atoms with E-state index in [0.29, 0.717) is 49.0 Å². The van der Waals surface area contributed by atoms with Crippen molar-refractivity contribution in [3.8, 4) is 11.5 Å². The first-order valence-corrected chi connectivity index (χ1v) is 11.9. The molecule has 0 atom stereocenters. The molecule has 0 amide bonds. The molecule has 4 aromatic rings. The highest BCUT2D eigenvalue weighted by molar-refractivity contribution is 5.78. The molecule has 0 radical (unpaired) electrons. The van der Waals surface area contributed by atoms with E-state index in [1.165, 1.54) is 12.1 Å². The van der Waals surface area contributed by atoms with Gasteiger partial charge in [0.2, 0.25) is 0 Å². The summed E-state index contributed by atoms with van der Waals surface area (Å²) in [7, 11) is 0. The molecule has 37 heavy (non-hydrogen) atoms. The molecule has 2 aromatic carbocycles. The van der Waals surface area contributed by atoms with Gasteiger partial charge in [-0.1, -0.05) is 0 Å². The molecule has 10 heteroatoms. The molecule has 0 saturated heterocycles. The van der Waals surface area contributed by atoms with E-state index in [1.807, 2.05) is 0 Å². The fourth-order valence-electron chi connectivity index (χ4n) is 3.75. The number of benzene rings is 2. The van der Waals surface area contributed by atoms with Crippen molar-refractivity contribution in [2.75, 3.05) is 52.7 Å². The summed E-state index contributed by atoms with van der Waals surface area (Å²) in [5.41, 5.74) is 10.7. The maximum absolute atomic E-state index is 11.5. The molecule has 196 valence electrons. The van der Waals surface area contributed by atoms with Gasteiger partial charge in [-0.2, -0.15) is 0 Å². The Hall–Kier alpha value is -3.70. The van der Waals surface area contributed by atoms with Gasteiger partial charge < -0.3 is 39.2 Å². The van der Waals surface area contributed by atoms with Gasteiger partial charge >= 0.3 is 11.3 Å². The summed E-state index contributed by atoms with van der Waals surface area (Å²) >= 11 is 0. The Labute approximate surface area is 212 Å². The van der Waals surface area contributed by atoms with Crippen molar-refractivity contribution in [1.82, 2.24) is 0 Å². The molecule has 0 aliphatic carbocycles. The first-order valence-electron chi connectivity index (χ1n) is 11.9. The van der Waals surface area contributed by atoms with Gasteiger partial charge in [-0.3, -0.25) is 0 Å². The van der Waals surface area contributed by atoms with Crippen LogP contribution in [-0.4, -0.2) is 52.7 Å². The number of rotatable bonds is 14. The van der Waals surface area contributed by atoms with Crippen LogP contribution in [0.25, 0.3) is 21.9 Å². The van der Waals surface area contributed by atoms with E-state index in [2.05, 4.69) is 0 Å². The molecule has 0 aliphatic heterocycles. The lowest BCUT2D eigenvalue weighted by atomic mass is 9.92. The lowest BCUT2D eigenvalue weighted by molar-refractivity contribution is -0.0643. The normalized spacial score (nSPS) is 11.7. The van der Waals surface area contributed by atoms with Crippen molar-refractivity contribution in [3.63, 3.8) is 0 Å². The lowest BCUT2D eigenvalue weighted by Gasteiger charge is -2.33. The van der Waals surface area contributed by atoms with Gasteiger partial charge in [0.25, 0.3) is 0 Å². The first kappa shape index (κ1) is 26.4. The van der Waals surface area contributed by atoms with Crippen molar-refractivity contribution in [1.29, 1.82) is 0 Å². The van der Waals surface area contributed by atoms with E-state index >= 15 is 0 Å². The highest BCUT2D eigenvalue weighted by atomic mass is 16.5. The fraction of sp³-hybridized carbons (Fsp3) is 0.333. The van der Waals surface area contributed by atoms with Gasteiger partial charge in [-0.25, -0.2) is 9.59 Å². The molecule has 2 heterocycles. The van der Waals surface area contributed by atoms with Crippen LogP contribution in [-0.2, 0) is 9.47 Å². The van der Waals surface area contributed by atoms with Crippen LogP contribution in [0.15, 0.2) is 79.1 Å². The monoisotopic (exact) mass is 510 g/mol. The molecule has 0 unspecified atom stereocenters. The van der Waals surface area contributed by atoms with Crippen LogP contribution in [0.3, 0.4) is 0 Å². The molecule has 0 spiro atoms. The van der Waals surface area contributed by atoms with E-state index in [4.69, 9.17) is 39.2 Å². The minimum Gasteiger partial charge on any atom is -0.493 e. The van der Waals surface area contributed by atoms with Crippen LogP contribution in [0.5, 0.6) is 11.5 Å². The van der Waals surface area contributed by atoms with E-state index in [0.717, 1.165) is 10.8 Å². The van der Waals surface area contributed by atoms with E-state index in [-0.39, 0.29) is 26.4 Å². The molecule has 0 aliphatic rings. The molecular weight excluding hydrogens is 480 g/mol. The average molecular weight is 511 g/mol. The van der Waals surface area contributed by atoms with Crippen LogP contribution in [0.4, 0.5) is 0 Å². The highest BCUT2D eigenvalue weighted by Gasteiger charge is 2.34. The van der Waals surface area contributed by atoms with Crippen molar-refractivity contribution in [2.45, 2.75) is 0 Å². The Morgan fingerprint density at radius 2 is 1.08 bits per heavy atom. The largest absolute Gasteiger partial charge is 0.493 e. The van der Waals surface area contributed by atoms with E-state index < -0.39 is 16.7 Å². The predicted octanol–water partition coefficient (Wildman–Crippen LogP) is 2.29. The van der Waals surface area contributed by atoms with Crippen molar-refractivity contribution < 1.29 is 27.8 Å². The topological polar surface area (TPSA) is 149 Å². The van der Waals surface area contributed by atoms with Gasteiger partial charge in [0.05, 0.1) is 31.8 Å². The molecule has 0 fully saturated rings. The van der Waals surface area contributed by atoms with Gasteiger partial charge in [0.15, 0.2) is 0 Å². The summed E-state index contributed by atoms with van der Waals surface area (Å²) in [5.74, 6) is 1.17. The summed E-state index contributed by atoms with van der Waals surface area (Å²) in [5, 5.41) is 1.47. The number of ether oxygens (including phenoxy) is 4. The molecule has 4 rings (SSSR count). The molecule has 4 N–H and O–H groups in total. The summed E-state index contributed by atoms with van der Waals surface area (Å²) in [6, 6.07) is 16.5.